The Kier molecular flexibility index (Phi) is 2.07. The minimum Gasteiger partial charge on any atom is -0.272 e. The number of nitrogens with zero attached hydrogens (tertiary/aromatic N) is 1. The molecule has 0 fully saturated rings. The first kappa shape index (κ1) is 10.1. The van der Waals surface area contributed by atoms with Crippen LogP contribution in [0.25, 0.3) is 0 Å². The van der Waals surface area contributed by atoms with E-state index >= 15 is 0 Å². The summed E-state index contributed by atoms with van der Waals surface area (Å²) in [6.07, 6.45) is 4.01. The molecule has 3 nitrogen and oxygen atoms in total. The van der Waals surface area contributed by atoms with E-state index in [0.29, 0.717) is 0 Å². The molecule has 1 N–H and O–H groups in total. The summed E-state index contributed by atoms with van der Waals surface area (Å²) in [5, 5.41) is 4.00. The Morgan fingerprint density at radius 2 is 2.00 bits per heavy atom. The van der Waals surface area contributed by atoms with Gasteiger partial charge in [-0.2, -0.15) is 5.10 Å². The summed E-state index contributed by atoms with van der Waals surface area (Å²) in [7, 11) is 0. The molecule has 2 aliphatic rings. The van der Waals surface area contributed by atoms with Gasteiger partial charge in [-0.05, 0) is 24.0 Å². The number of amides is 1. The number of rotatable bonds is 0. The van der Waals surface area contributed by atoms with Gasteiger partial charge in [0.15, 0.2) is 0 Å². The van der Waals surface area contributed by atoms with Gasteiger partial charge in [0.1, 0.15) is 5.92 Å². The molecule has 0 bridgehead atoms. The molecular weight excluding hydrogens is 188 g/mol. The van der Waals surface area contributed by atoms with E-state index < -0.39 is 0 Å². The maximum absolute atomic E-state index is 11.6. The van der Waals surface area contributed by atoms with Gasteiger partial charge in [-0.15, -0.1) is 0 Å². The van der Waals surface area contributed by atoms with Crippen molar-refractivity contribution in [1.29, 1.82) is 0 Å². The lowest BCUT2D eigenvalue weighted by atomic mass is 9.76. The highest BCUT2D eigenvalue weighted by molar-refractivity contribution is 6.16. The molecule has 0 saturated carbocycles. The van der Waals surface area contributed by atoms with Crippen LogP contribution in [0.4, 0.5) is 0 Å². The fraction of sp³-hybridized carbons (Fsp3) is 0.500. The Morgan fingerprint density at radius 1 is 1.33 bits per heavy atom. The molecule has 1 heterocycles. The van der Waals surface area contributed by atoms with Gasteiger partial charge >= 0.3 is 0 Å². The van der Waals surface area contributed by atoms with Gasteiger partial charge in [-0.1, -0.05) is 32.4 Å². The smallest absolute Gasteiger partial charge is 0.253 e. The van der Waals surface area contributed by atoms with Crippen molar-refractivity contribution in [1.82, 2.24) is 5.43 Å². The molecule has 0 aromatic heterocycles. The van der Waals surface area contributed by atoms with Crippen LogP contribution >= 0.6 is 0 Å². The average Bonchev–Trinajstić information content (AvgIpc) is 2.46. The number of carbonyl (C=O) groups excluding carboxylic acids is 1. The molecule has 0 aromatic rings. The first-order valence-electron chi connectivity index (χ1n) is 5.18. The van der Waals surface area contributed by atoms with Gasteiger partial charge in [0, 0.05) is 0 Å². The van der Waals surface area contributed by atoms with E-state index in [4.69, 9.17) is 0 Å². The predicted molar refractivity (Wildman–Crippen MR) is 60.4 cm³/mol. The normalized spacial score (nSPS) is 25.2. The zero-order chi connectivity index (χ0) is 11.2. The third kappa shape index (κ3) is 1.52. The summed E-state index contributed by atoms with van der Waals surface area (Å²) >= 11 is 0. The fourth-order valence-electron chi connectivity index (χ4n) is 2.23. The maximum Gasteiger partial charge on any atom is 0.253 e. The van der Waals surface area contributed by atoms with Crippen LogP contribution in [0.3, 0.4) is 0 Å². The number of fused-ring (bicyclic) bond motifs is 1. The Balaban J connectivity index is 2.48. The number of allylic oxidation sites excluding steroid dienone is 3. The van der Waals surface area contributed by atoms with Crippen molar-refractivity contribution in [2.75, 3.05) is 0 Å². The zero-order valence-electron chi connectivity index (χ0n) is 9.59. The average molecular weight is 204 g/mol. The molecule has 0 radical (unpaired) electrons. The largest absolute Gasteiger partial charge is 0.272 e. The number of carbonyl (C=O) groups is 1. The Bertz CT molecular complexity index is 408. The van der Waals surface area contributed by atoms with Gasteiger partial charge in [-0.3, -0.25) is 4.79 Å². The summed E-state index contributed by atoms with van der Waals surface area (Å²) in [6, 6.07) is 0. The minimum atomic E-state index is -0.163. The van der Waals surface area contributed by atoms with Crippen molar-refractivity contribution in [3.8, 4) is 0 Å². The SMILES string of the molecule is CC1=C(C(C)(C)C)C=CC2=NNC(=O)C21. The van der Waals surface area contributed by atoms with E-state index in [0.717, 1.165) is 11.3 Å². The van der Waals surface area contributed by atoms with Crippen molar-refractivity contribution in [3.05, 3.63) is 23.3 Å². The van der Waals surface area contributed by atoms with Crippen LogP contribution in [0.2, 0.25) is 0 Å². The van der Waals surface area contributed by atoms with Crippen LogP contribution in [-0.4, -0.2) is 11.6 Å². The van der Waals surface area contributed by atoms with Gasteiger partial charge in [-0.25, -0.2) is 5.43 Å². The molecule has 0 aromatic carbocycles. The van der Waals surface area contributed by atoms with E-state index in [1.54, 1.807) is 0 Å². The summed E-state index contributed by atoms with van der Waals surface area (Å²) in [6.45, 7) is 8.50. The van der Waals surface area contributed by atoms with Crippen LogP contribution in [0, 0.1) is 11.3 Å². The minimum absolute atomic E-state index is 0.00593. The zero-order valence-corrected chi connectivity index (χ0v) is 9.59. The maximum atomic E-state index is 11.6. The number of hydrazone groups is 1. The summed E-state index contributed by atoms with van der Waals surface area (Å²) in [5.74, 6) is -0.169. The second-order valence-electron chi connectivity index (χ2n) is 5.13. The van der Waals surface area contributed by atoms with Gasteiger partial charge in [0.05, 0.1) is 5.71 Å². The molecule has 1 aliphatic heterocycles. The molecule has 1 amide bonds. The lowest BCUT2D eigenvalue weighted by Gasteiger charge is -2.27. The summed E-state index contributed by atoms with van der Waals surface area (Å²) < 4.78 is 0. The molecular formula is C12H16N2O. The molecule has 1 aliphatic carbocycles. The lowest BCUT2D eigenvalue weighted by molar-refractivity contribution is -0.121. The van der Waals surface area contributed by atoms with Crippen LogP contribution in [0.1, 0.15) is 27.7 Å². The fourth-order valence-corrected chi connectivity index (χ4v) is 2.23. The highest BCUT2D eigenvalue weighted by Gasteiger charge is 2.35. The van der Waals surface area contributed by atoms with E-state index in [2.05, 4.69) is 37.4 Å². The van der Waals surface area contributed by atoms with Crippen LogP contribution in [0.5, 0.6) is 0 Å². The number of hydrogen-bond acceptors (Lipinski definition) is 2. The number of hydrogen-bond donors (Lipinski definition) is 1. The van der Waals surface area contributed by atoms with Crippen molar-refractivity contribution in [2.24, 2.45) is 16.4 Å². The Labute approximate surface area is 89.9 Å². The number of nitrogens with one attached hydrogen (secondary N) is 1. The molecule has 3 heteroatoms. The molecule has 15 heavy (non-hydrogen) atoms. The van der Waals surface area contributed by atoms with Crippen LogP contribution in [0.15, 0.2) is 28.4 Å². The molecule has 0 spiro atoms. The Hall–Kier alpha value is -1.38. The van der Waals surface area contributed by atoms with Crippen LogP contribution < -0.4 is 5.43 Å². The van der Waals surface area contributed by atoms with Gasteiger partial charge < -0.3 is 0 Å². The predicted octanol–water partition coefficient (Wildman–Crippen LogP) is 2.02. The van der Waals surface area contributed by atoms with E-state index in [-0.39, 0.29) is 17.2 Å². The summed E-state index contributed by atoms with van der Waals surface area (Å²) in [4.78, 5) is 11.6. The quantitative estimate of drug-likeness (QED) is 0.644. The first-order valence-corrected chi connectivity index (χ1v) is 5.18. The Morgan fingerprint density at radius 3 is 2.60 bits per heavy atom. The molecule has 1 atom stereocenters. The third-order valence-electron chi connectivity index (χ3n) is 2.94. The molecule has 1 unspecified atom stereocenters. The second kappa shape index (κ2) is 3.05. The second-order valence-corrected chi connectivity index (χ2v) is 5.13. The topological polar surface area (TPSA) is 41.5 Å². The third-order valence-corrected chi connectivity index (χ3v) is 2.94. The van der Waals surface area contributed by atoms with Crippen molar-refractivity contribution >= 4 is 11.6 Å². The highest BCUT2D eigenvalue weighted by Crippen LogP contribution is 2.36. The van der Waals surface area contributed by atoms with E-state index in [9.17, 15) is 4.79 Å². The molecule has 80 valence electrons. The first-order chi connectivity index (χ1) is 6.91. The van der Waals surface area contributed by atoms with E-state index in [1.165, 1.54) is 5.57 Å². The van der Waals surface area contributed by atoms with Gasteiger partial charge in [0.2, 0.25) is 0 Å². The van der Waals surface area contributed by atoms with Crippen molar-refractivity contribution < 1.29 is 4.79 Å². The van der Waals surface area contributed by atoms with Crippen LogP contribution in [-0.2, 0) is 4.79 Å². The van der Waals surface area contributed by atoms with E-state index in [1.807, 2.05) is 13.0 Å². The lowest BCUT2D eigenvalue weighted by Crippen LogP contribution is -2.28. The molecule has 0 saturated heterocycles. The standard InChI is InChI=1S/C12H16N2O/c1-7-8(12(2,3)4)5-6-9-10(7)11(15)14-13-9/h5-6,10H,1-4H3,(H,14,15). The monoisotopic (exact) mass is 204 g/mol. The molecule has 2 rings (SSSR count). The summed E-state index contributed by atoms with van der Waals surface area (Å²) in [5.41, 5.74) is 5.81. The van der Waals surface area contributed by atoms with Crippen molar-refractivity contribution in [3.63, 3.8) is 0 Å². The van der Waals surface area contributed by atoms with Crippen molar-refractivity contribution in [2.45, 2.75) is 27.7 Å². The highest BCUT2D eigenvalue weighted by atomic mass is 16.2. The van der Waals surface area contributed by atoms with Gasteiger partial charge in [0.25, 0.3) is 5.91 Å².